The minimum absolute atomic E-state index is 0.201. The minimum atomic E-state index is -0.274. The summed E-state index contributed by atoms with van der Waals surface area (Å²) in [6.07, 6.45) is 0. The molecule has 1 aromatic carbocycles. The monoisotopic (exact) mass is 210 g/mol. The van der Waals surface area contributed by atoms with E-state index < -0.39 is 0 Å². The van der Waals surface area contributed by atoms with E-state index in [1.54, 1.807) is 0 Å². The van der Waals surface area contributed by atoms with E-state index in [0.29, 0.717) is 11.6 Å². The van der Waals surface area contributed by atoms with E-state index in [2.05, 4.69) is 0 Å². The van der Waals surface area contributed by atoms with Crippen LogP contribution in [-0.2, 0) is 9.31 Å². The summed E-state index contributed by atoms with van der Waals surface area (Å²) in [5, 5.41) is 0.708. The Morgan fingerprint density at radius 1 is 1.43 bits per heavy atom. The molecule has 1 fully saturated rings. The van der Waals surface area contributed by atoms with Gasteiger partial charge in [0.05, 0.1) is 12.2 Å². The molecule has 14 heavy (non-hydrogen) atoms. The summed E-state index contributed by atoms with van der Waals surface area (Å²) in [6, 6.07) is 7.56. The molecule has 4 heteroatoms. The first-order valence-electron chi connectivity index (χ1n) is 4.62. The maximum Gasteiger partial charge on any atom is 0.494 e. The van der Waals surface area contributed by atoms with E-state index in [-0.39, 0.29) is 12.7 Å². The van der Waals surface area contributed by atoms with Crippen LogP contribution < -0.4 is 5.46 Å². The third-order valence-corrected chi connectivity index (χ3v) is 2.36. The van der Waals surface area contributed by atoms with Crippen LogP contribution in [0.1, 0.15) is 13.8 Å². The summed E-state index contributed by atoms with van der Waals surface area (Å²) in [5.74, 6) is 0. The first kappa shape index (κ1) is 10.0. The highest BCUT2D eigenvalue weighted by Gasteiger charge is 2.37. The Bertz CT molecular complexity index is 341. The lowest BCUT2D eigenvalue weighted by molar-refractivity contribution is 0.137. The molecule has 0 spiro atoms. The van der Waals surface area contributed by atoms with Crippen LogP contribution in [-0.4, -0.2) is 19.3 Å². The van der Waals surface area contributed by atoms with E-state index in [1.807, 2.05) is 38.1 Å². The van der Waals surface area contributed by atoms with Crippen molar-refractivity contribution in [3.63, 3.8) is 0 Å². The van der Waals surface area contributed by atoms with E-state index in [4.69, 9.17) is 20.9 Å². The fourth-order valence-corrected chi connectivity index (χ4v) is 1.65. The number of hydrogen-bond acceptors (Lipinski definition) is 2. The molecular formula is C10H12BClO2. The quantitative estimate of drug-likeness (QED) is 0.659. The van der Waals surface area contributed by atoms with E-state index in [1.165, 1.54) is 0 Å². The van der Waals surface area contributed by atoms with Crippen LogP contribution in [0.25, 0.3) is 0 Å². The minimum Gasteiger partial charge on any atom is -0.404 e. The standard InChI is InChI=1S/C10H12BClO2/c1-10(2)7-13-11(14-10)8-4-3-5-9(12)6-8/h3-6H,7H2,1-2H3. The summed E-state index contributed by atoms with van der Waals surface area (Å²) >= 11 is 5.88. The van der Waals surface area contributed by atoms with E-state index in [9.17, 15) is 0 Å². The molecule has 0 unspecified atom stereocenters. The predicted molar refractivity (Wildman–Crippen MR) is 58.0 cm³/mol. The molecular weight excluding hydrogens is 198 g/mol. The highest BCUT2D eigenvalue weighted by molar-refractivity contribution is 6.62. The Hall–Kier alpha value is -0.505. The van der Waals surface area contributed by atoms with Gasteiger partial charge in [-0.25, -0.2) is 0 Å². The molecule has 74 valence electrons. The largest absolute Gasteiger partial charge is 0.494 e. The van der Waals surface area contributed by atoms with Crippen molar-refractivity contribution in [2.75, 3.05) is 6.61 Å². The van der Waals surface area contributed by atoms with Crippen LogP contribution in [0.4, 0.5) is 0 Å². The van der Waals surface area contributed by atoms with Crippen molar-refractivity contribution < 1.29 is 9.31 Å². The van der Waals surface area contributed by atoms with Crippen LogP contribution in [0.5, 0.6) is 0 Å². The lowest BCUT2D eigenvalue weighted by atomic mass is 9.79. The van der Waals surface area contributed by atoms with Crippen molar-refractivity contribution in [2.45, 2.75) is 19.4 Å². The van der Waals surface area contributed by atoms with Gasteiger partial charge in [-0.2, -0.15) is 0 Å². The Labute approximate surface area is 89.3 Å². The Balaban J connectivity index is 2.17. The third kappa shape index (κ3) is 2.11. The molecule has 1 heterocycles. The highest BCUT2D eigenvalue weighted by atomic mass is 35.5. The summed E-state index contributed by atoms with van der Waals surface area (Å²) in [5.41, 5.74) is 0.774. The second kappa shape index (κ2) is 3.57. The van der Waals surface area contributed by atoms with Gasteiger partial charge in [0.1, 0.15) is 0 Å². The normalized spacial score (nSPS) is 20.1. The number of benzene rings is 1. The van der Waals surface area contributed by atoms with Gasteiger partial charge in [0, 0.05) is 5.02 Å². The summed E-state index contributed by atoms with van der Waals surface area (Å²) < 4.78 is 11.2. The van der Waals surface area contributed by atoms with Gasteiger partial charge in [-0.05, 0) is 31.4 Å². The van der Waals surface area contributed by atoms with Gasteiger partial charge in [-0.15, -0.1) is 0 Å². The Morgan fingerprint density at radius 3 is 2.79 bits per heavy atom. The zero-order chi connectivity index (χ0) is 10.2. The van der Waals surface area contributed by atoms with Crippen molar-refractivity contribution in [3.8, 4) is 0 Å². The summed E-state index contributed by atoms with van der Waals surface area (Å²) in [7, 11) is -0.274. The number of halogens is 1. The second-order valence-corrected chi connectivity index (χ2v) is 4.51. The maximum absolute atomic E-state index is 5.88. The fourth-order valence-electron chi connectivity index (χ4n) is 1.45. The van der Waals surface area contributed by atoms with Gasteiger partial charge in [0.15, 0.2) is 0 Å². The molecule has 0 saturated carbocycles. The Morgan fingerprint density at radius 2 is 2.21 bits per heavy atom. The van der Waals surface area contributed by atoms with Crippen molar-refractivity contribution in [1.82, 2.24) is 0 Å². The van der Waals surface area contributed by atoms with Crippen molar-refractivity contribution >= 4 is 24.2 Å². The molecule has 0 amide bonds. The SMILES string of the molecule is CC1(C)COB(c2cccc(Cl)c2)O1. The second-order valence-electron chi connectivity index (χ2n) is 4.08. The van der Waals surface area contributed by atoms with Gasteiger partial charge < -0.3 is 9.31 Å². The van der Waals surface area contributed by atoms with E-state index >= 15 is 0 Å². The smallest absolute Gasteiger partial charge is 0.404 e. The van der Waals surface area contributed by atoms with Gasteiger partial charge in [0.25, 0.3) is 0 Å². The van der Waals surface area contributed by atoms with Crippen LogP contribution in [0.15, 0.2) is 24.3 Å². The summed E-state index contributed by atoms with van der Waals surface area (Å²) in [4.78, 5) is 0. The van der Waals surface area contributed by atoms with Crippen LogP contribution in [0.2, 0.25) is 5.02 Å². The fraction of sp³-hybridized carbons (Fsp3) is 0.400. The molecule has 0 bridgehead atoms. The molecule has 1 aliphatic heterocycles. The number of rotatable bonds is 1. The molecule has 0 N–H and O–H groups in total. The van der Waals surface area contributed by atoms with Crippen LogP contribution in [0, 0.1) is 0 Å². The first-order valence-corrected chi connectivity index (χ1v) is 4.99. The van der Waals surface area contributed by atoms with Crippen LogP contribution in [0.3, 0.4) is 0 Å². The average molecular weight is 210 g/mol. The molecule has 2 rings (SSSR count). The molecule has 0 aliphatic carbocycles. The zero-order valence-corrected chi connectivity index (χ0v) is 9.04. The van der Waals surface area contributed by atoms with Crippen molar-refractivity contribution in [3.05, 3.63) is 29.3 Å². The lowest BCUT2D eigenvalue weighted by Gasteiger charge is -2.15. The molecule has 1 saturated heterocycles. The molecule has 1 aromatic rings. The van der Waals surface area contributed by atoms with Gasteiger partial charge in [-0.3, -0.25) is 0 Å². The average Bonchev–Trinajstić information content (AvgIpc) is 2.46. The van der Waals surface area contributed by atoms with Gasteiger partial charge in [0.2, 0.25) is 0 Å². The maximum atomic E-state index is 5.88. The van der Waals surface area contributed by atoms with Gasteiger partial charge >= 0.3 is 7.12 Å². The molecule has 1 aliphatic rings. The number of hydrogen-bond donors (Lipinski definition) is 0. The van der Waals surface area contributed by atoms with Crippen LogP contribution >= 0.6 is 11.6 Å². The molecule has 0 radical (unpaired) electrons. The molecule has 0 atom stereocenters. The topological polar surface area (TPSA) is 18.5 Å². The highest BCUT2D eigenvalue weighted by Crippen LogP contribution is 2.19. The molecule has 2 nitrogen and oxygen atoms in total. The Kier molecular flexibility index (Phi) is 2.56. The summed E-state index contributed by atoms with van der Waals surface area (Å²) in [6.45, 7) is 4.64. The lowest BCUT2D eigenvalue weighted by Crippen LogP contribution is -2.34. The molecule has 0 aromatic heterocycles. The third-order valence-electron chi connectivity index (χ3n) is 2.13. The predicted octanol–water partition coefficient (Wildman–Crippen LogP) is 1.86. The van der Waals surface area contributed by atoms with Gasteiger partial charge in [-0.1, -0.05) is 23.7 Å². The zero-order valence-electron chi connectivity index (χ0n) is 8.29. The van der Waals surface area contributed by atoms with Crippen molar-refractivity contribution in [1.29, 1.82) is 0 Å². The first-order chi connectivity index (χ1) is 6.57. The van der Waals surface area contributed by atoms with E-state index in [0.717, 1.165) is 5.46 Å². The van der Waals surface area contributed by atoms with Crippen molar-refractivity contribution in [2.24, 2.45) is 0 Å².